The number of rotatable bonds is 5. The van der Waals surface area contributed by atoms with Gasteiger partial charge in [-0.15, -0.1) is 0 Å². The van der Waals surface area contributed by atoms with E-state index in [2.05, 4.69) is 53.1 Å². The van der Waals surface area contributed by atoms with E-state index in [1.165, 1.54) is 16.7 Å². The van der Waals surface area contributed by atoms with E-state index in [4.69, 9.17) is 16.9 Å². The average Bonchev–Trinajstić information content (AvgIpc) is 2.83. The van der Waals surface area contributed by atoms with Crippen LogP contribution in [-0.4, -0.2) is 31.1 Å². The molecule has 0 saturated carbocycles. The number of nitriles is 2. The largest absolute Gasteiger partial charge is 0.361 e. The molecule has 0 aromatic heterocycles. The Morgan fingerprint density at radius 1 is 0.906 bits per heavy atom. The number of anilines is 1. The van der Waals surface area contributed by atoms with Gasteiger partial charge >= 0.3 is 0 Å². The molecule has 1 fully saturated rings. The molecule has 0 unspecified atom stereocenters. The molecule has 5 heteroatoms. The summed E-state index contributed by atoms with van der Waals surface area (Å²) in [5.74, 6) is 0. The molecule has 0 N–H and O–H groups in total. The molecule has 3 aromatic carbocycles. The number of halogens is 1. The van der Waals surface area contributed by atoms with Crippen LogP contribution in [0.5, 0.6) is 0 Å². The van der Waals surface area contributed by atoms with Gasteiger partial charge in [0, 0.05) is 26.2 Å². The highest BCUT2D eigenvalue weighted by Gasteiger charge is 2.29. The molecular formula is C27H25ClN4. The summed E-state index contributed by atoms with van der Waals surface area (Å²) in [5.41, 5.74) is 5.99. The van der Waals surface area contributed by atoms with Crippen molar-refractivity contribution in [3.05, 3.63) is 99.6 Å². The summed E-state index contributed by atoms with van der Waals surface area (Å²) >= 11 is 6.59. The van der Waals surface area contributed by atoms with Crippen LogP contribution in [0.3, 0.4) is 0 Å². The maximum absolute atomic E-state index is 9.19. The highest BCUT2D eigenvalue weighted by atomic mass is 35.5. The predicted molar refractivity (Wildman–Crippen MR) is 129 cm³/mol. The SMILES string of the molecule is Cc1ccc([C@@H]2CN(CCc3ccc(C#N)cc3)CCN2c2ccc(C#N)cc2Cl)cc1. The van der Waals surface area contributed by atoms with Crippen molar-refractivity contribution in [1.82, 2.24) is 4.90 Å². The zero-order chi connectivity index (χ0) is 22.5. The van der Waals surface area contributed by atoms with E-state index in [0.29, 0.717) is 16.1 Å². The Hall–Kier alpha value is -3.31. The third kappa shape index (κ3) is 4.94. The molecular weight excluding hydrogens is 416 g/mol. The monoisotopic (exact) mass is 440 g/mol. The molecule has 4 nitrogen and oxygen atoms in total. The standard InChI is InChI=1S/C27H25ClN4/c1-20-2-9-24(10-3-20)27-19-31(13-12-21-4-6-22(17-29)7-5-21)14-15-32(27)26-11-8-23(18-30)16-25(26)28/h2-11,16,27H,12-15,19H2,1H3/t27-/m0/s1. The fourth-order valence-electron chi connectivity index (χ4n) is 4.25. The summed E-state index contributed by atoms with van der Waals surface area (Å²) in [6, 6.07) is 26.6. The topological polar surface area (TPSA) is 54.1 Å². The molecule has 32 heavy (non-hydrogen) atoms. The maximum atomic E-state index is 9.19. The molecule has 3 aromatic rings. The lowest BCUT2D eigenvalue weighted by Gasteiger charge is -2.43. The van der Waals surface area contributed by atoms with Crippen LogP contribution >= 0.6 is 11.6 Å². The normalized spacial score (nSPS) is 16.4. The van der Waals surface area contributed by atoms with Gasteiger partial charge < -0.3 is 4.90 Å². The summed E-state index contributed by atoms with van der Waals surface area (Å²) < 4.78 is 0. The molecule has 1 heterocycles. The van der Waals surface area contributed by atoms with E-state index in [1.807, 2.05) is 36.4 Å². The quantitative estimate of drug-likeness (QED) is 0.525. The van der Waals surface area contributed by atoms with Crippen molar-refractivity contribution in [2.45, 2.75) is 19.4 Å². The molecule has 0 amide bonds. The summed E-state index contributed by atoms with van der Waals surface area (Å²) in [5, 5.41) is 18.8. The van der Waals surface area contributed by atoms with Gasteiger partial charge in [-0.05, 0) is 54.8 Å². The third-order valence-electron chi connectivity index (χ3n) is 6.11. The highest BCUT2D eigenvalue weighted by molar-refractivity contribution is 6.33. The van der Waals surface area contributed by atoms with E-state index in [9.17, 15) is 5.26 Å². The van der Waals surface area contributed by atoms with Gasteiger partial charge in [0.05, 0.1) is 40.0 Å². The van der Waals surface area contributed by atoms with Crippen molar-refractivity contribution >= 4 is 17.3 Å². The molecule has 1 aliphatic rings. The van der Waals surface area contributed by atoms with Crippen LogP contribution in [0.15, 0.2) is 66.7 Å². The lowest BCUT2D eigenvalue weighted by molar-refractivity contribution is 0.226. The van der Waals surface area contributed by atoms with E-state index < -0.39 is 0 Å². The number of aryl methyl sites for hydroxylation is 1. The Morgan fingerprint density at radius 2 is 1.59 bits per heavy atom. The minimum atomic E-state index is 0.177. The van der Waals surface area contributed by atoms with Gasteiger partial charge in [0.1, 0.15) is 0 Å². The zero-order valence-electron chi connectivity index (χ0n) is 18.1. The van der Waals surface area contributed by atoms with E-state index >= 15 is 0 Å². The van der Waals surface area contributed by atoms with Crippen molar-refractivity contribution in [2.75, 3.05) is 31.1 Å². The van der Waals surface area contributed by atoms with Crippen molar-refractivity contribution < 1.29 is 0 Å². The minimum absolute atomic E-state index is 0.177. The molecule has 1 aliphatic heterocycles. The first kappa shape index (κ1) is 21.9. The van der Waals surface area contributed by atoms with Crippen LogP contribution in [0.25, 0.3) is 0 Å². The zero-order valence-corrected chi connectivity index (χ0v) is 18.9. The number of benzene rings is 3. The first-order valence-corrected chi connectivity index (χ1v) is 11.2. The van der Waals surface area contributed by atoms with Gasteiger partial charge in [-0.25, -0.2) is 0 Å². The number of nitrogens with zero attached hydrogens (tertiary/aromatic N) is 4. The third-order valence-corrected chi connectivity index (χ3v) is 6.42. The predicted octanol–water partition coefficient (Wildman–Crippen LogP) is 5.50. The Labute approximate surface area is 194 Å². The highest BCUT2D eigenvalue weighted by Crippen LogP contribution is 2.35. The Kier molecular flexibility index (Phi) is 6.76. The Morgan fingerprint density at radius 3 is 2.25 bits per heavy atom. The first-order valence-electron chi connectivity index (χ1n) is 10.8. The second-order valence-corrected chi connectivity index (χ2v) is 8.66. The first-order chi connectivity index (χ1) is 15.6. The van der Waals surface area contributed by atoms with Gasteiger partial charge in [-0.2, -0.15) is 10.5 Å². The molecule has 0 bridgehead atoms. The lowest BCUT2D eigenvalue weighted by Crippen LogP contribution is -2.49. The molecule has 0 radical (unpaired) electrons. The minimum Gasteiger partial charge on any atom is -0.361 e. The van der Waals surface area contributed by atoms with Crippen molar-refractivity contribution in [3.8, 4) is 12.1 Å². The van der Waals surface area contributed by atoms with Gasteiger partial charge in [0.15, 0.2) is 0 Å². The summed E-state index contributed by atoms with van der Waals surface area (Å²) in [6.45, 7) is 5.76. The van der Waals surface area contributed by atoms with Crippen LogP contribution < -0.4 is 4.90 Å². The van der Waals surface area contributed by atoms with Gasteiger partial charge in [-0.1, -0.05) is 53.6 Å². The van der Waals surface area contributed by atoms with Crippen molar-refractivity contribution in [2.24, 2.45) is 0 Å². The van der Waals surface area contributed by atoms with Crippen molar-refractivity contribution in [3.63, 3.8) is 0 Å². The van der Waals surface area contributed by atoms with E-state index in [-0.39, 0.29) is 6.04 Å². The van der Waals surface area contributed by atoms with Crippen LogP contribution in [0.4, 0.5) is 5.69 Å². The molecule has 0 spiro atoms. The number of hydrogen-bond donors (Lipinski definition) is 0. The Bertz CT molecular complexity index is 1160. The van der Waals surface area contributed by atoms with Crippen LogP contribution in [0.2, 0.25) is 5.02 Å². The second kappa shape index (κ2) is 9.88. The lowest BCUT2D eigenvalue weighted by atomic mass is 9.99. The second-order valence-electron chi connectivity index (χ2n) is 8.26. The summed E-state index contributed by atoms with van der Waals surface area (Å²) in [6.07, 6.45) is 0.948. The molecule has 0 aliphatic carbocycles. The molecule has 160 valence electrons. The molecule has 1 atom stereocenters. The fourth-order valence-corrected chi connectivity index (χ4v) is 4.54. The fraction of sp³-hybridized carbons (Fsp3) is 0.259. The van der Waals surface area contributed by atoms with Gasteiger partial charge in [0.25, 0.3) is 0 Å². The number of hydrogen-bond acceptors (Lipinski definition) is 4. The van der Waals surface area contributed by atoms with E-state index in [1.54, 1.807) is 6.07 Å². The number of piperazine rings is 1. The van der Waals surface area contributed by atoms with Gasteiger partial charge in [-0.3, -0.25) is 4.90 Å². The molecule has 1 saturated heterocycles. The summed E-state index contributed by atoms with van der Waals surface area (Å²) in [4.78, 5) is 4.86. The van der Waals surface area contributed by atoms with E-state index in [0.717, 1.165) is 38.3 Å². The van der Waals surface area contributed by atoms with Crippen molar-refractivity contribution in [1.29, 1.82) is 10.5 Å². The van der Waals surface area contributed by atoms with Crippen LogP contribution in [0, 0.1) is 29.6 Å². The molecule has 4 rings (SSSR count). The Balaban J connectivity index is 1.54. The maximum Gasteiger partial charge on any atom is 0.0992 e. The smallest absolute Gasteiger partial charge is 0.0992 e. The average molecular weight is 441 g/mol. The summed E-state index contributed by atoms with van der Waals surface area (Å²) in [7, 11) is 0. The van der Waals surface area contributed by atoms with Crippen LogP contribution in [-0.2, 0) is 6.42 Å². The van der Waals surface area contributed by atoms with Gasteiger partial charge in [0.2, 0.25) is 0 Å². The van der Waals surface area contributed by atoms with Crippen LogP contribution in [0.1, 0.15) is 33.9 Å².